The summed E-state index contributed by atoms with van der Waals surface area (Å²) in [4.78, 5) is 16.0. The van der Waals surface area contributed by atoms with E-state index >= 15 is 0 Å². The van der Waals surface area contributed by atoms with Crippen molar-refractivity contribution in [2.45, 2.75) is 52.6 Å². The Labute approximate surface area is 106 Å². The van der Waals surface area contributed by atoms with Gasteiger partial charge in [-0.1, -0.05) is 13.8 Å². The summed E-state index contributed by atoms with van der Waals surface area (Å²) in [7, 11) is 1.85. The van der Waals surface area contributed by atoms with Crippen LogP contribution in [0, 0.1) is 0 Å². The number of likely N-dealkylation sites (N-methyl/N-ethyl adjacent to an activating group) is 2. The van der Waals surface area contributed by atoms with Crippen molar-refractivity contribution in [2.75, 3.05) is 26.7 Å². The van der Waals surface area contributed by atoms with Crippen LogP contribution in [-0.2, 0) is 4.79 Å². The van der Waals surface area contributed by atoms with Crippen molar-refractivity contribution in [3.05, 3.63) is 0 Å². The van der Waals surface area contributed by atoms with Crippen molar-refractivity contribution < 1.29 is 4.79 Å². The number of hydrogen-bond acceptors (Lipinski definition) is 3. The Balaban J connectivity index is 4.66. The molecule has 17 heavy (non-hydrogen) atoms. The quantitative estimate of drug-likeness (QED) is 0.733. The van der Waals surface area contributed by atoms with Crippen LogP contribution in [0.5, 0.6) is 0 Å². The summed E-state index contributed by atoms with van der Waals surface area (Å²) in [6.07, 6.45) is 0.954. The molecule has 0 aromatic heterocycles. The first-order valence-corrected chi connectivity index (χ1v) is 6.53. The maximum Gasteiger partial charge on any atom is 0.236 e. The maximum atomic E-state index is 12.1. The van der Waals surface area contributed by atoms with Crippen LogP contribution in [0.15, 0.2) is 0 Å². The normalized spacial score (nSPS) is 15.1. The smallest absolute Gasteiger partial charge is 0.236 e. The Kier molecular flexibility index (Phi) is 6.72. The fraction of sp³-hybridized carbons (Fsp3) is 0.923. The van der Waals surface area contributed by atoms with E-state index in [1.54, 1.807) is 4.90 Å². The zero-order valence-electron chi connectivity index (χ0n) is 12.3. The van der Waals surface area contributed by atoms with Crippen LogP contribution in [0.2, 0.25) is 0 Å². The van der Waals surface area contributed by atoms with Crippen LogP contribution in [0.3, 0.4) is 0 Å². The van der Waals surface area contributed by atoms with Crippen LogP contribution < -0.4 is 5.73 Å². The van der Waals surface area contributed by atoms with Gasteiger partial charge in [0.2, 0.25) is 5.91 Å². The summed E-state index contributed by atoms with van der Waals surface area (Å²) in [6.45, 7) is 12.2. The standard InChI is InChI=1S/C13H29N3O/c1-7-13(5,10-14)16(8-2)9-12(17)15(6)11(3)4/h11H,7-10,14H2,1-6H3. The average molecular weight is 243 g/mol. The van der Waals surface area contributed by atoms with Gasteiger partial charge in [-0.15, -0.1) is 0 Å². The van der Waals surface area contributed by atoms with E-state index in [0.29, 0.717) is 13.1 Å². The van der Waals surface area contributed by atoms with Gasteiger partial charge in [-0.25, -0.2) is 0 Å². The third kappa shape index (κ3) is 4.28. The zero-order valence-corrected chi connectivity index (χ0v) is 12.3. The molecule has 1 atom stereocenters. The van der Waals surface area contributed by atoms with Crippen LogP contribution in [0.1, 0.15) is 41.0 Å². The summed E-state index contributed by atoms with van der Waals surface area (Å²) in [5, 5.41) is 0. The van der Waals surface area contributed by atoms with E-state index in [4.69, 9.17) is 5.73 Å². The maximum absolute atomic E-state index is 12.1. The van der Waals surface area contributed by atoms with Crippen LogP contribution in [0.4, 0.5) is 0 Å². The molecule has 0 aliphatic rings. The van der Waals surface area contributed by atoms with Crippen molar-refractivity contribution in [1.29, 1.82) is 0 Å². The number of nitrogens with two attached hydrogens (primary N) is 1. The zero-order chi connectivity index (χ0) is 13.6. The van der Waals surface area contributed by atoms with Crippen LogP contribution in [0.25, 0.3) is 0 Å². The largest absolute Gasteiger partial charge is 0.342 e. The predicted octanol–water partition coefficient (Wildman–Crippen LogP) is 1.30. The summed E-state index contributed by atoms with van der Waals surface area (Å²) in [5.74, 6) is 0.162. The topological polar surface area (TPSA) is 49.6 Å². The van der Waals surface area contributed by atoms with Crippen molar-refractivity contribution in [3.8, 4) is 0 Å². The Morgan fingerprint density at radius 2 is 1.88 bits per heavy atom. The minimum atomic E-state index is -0.0811. The molecular formula is C13H29N3O. The molecule has 0 radical (unpaired) electrons. The molecule has 0 spiro atoms. The molecule has 1 amide bonds. The van der Waals surface area contributed by atoms with E-state index < -0.39 is 0 Å². The first-order chi connectivity index (χ1) is 7.82. The second-order valence-electron chi connectivity index (χ2n) is 5.17. The number of rotatable bonds is 7. The lowest BCUT2D eigenvalue weighted by Gasteiger charge is -2.40. The molecule has 0 saturated heterocycles. The minimum absolute atomic E-state index is 0.0811. The summed E-state index contributed by atoms with van der Waals surface area (Å²) in [6, 6.07) is 0.243. The highest BCUT2D eigenvalue weighted by molar-refractivity contribution is 5.78. The highest BCUT2D eigenvalue weighted by Crippen LogP contribution is 2.17. The van der Waals surface area contributed by atoms with Gasteiger partial charge in [0.1, 0.15) is 0 Å². The monoisotopic (exact) mass is 243 g/mol. The lowest BCUT2D eigenvalue weighted by molar-refractivity contribution is -0.134. The molecule has 1 unspecified atom stereocenters. The van der Waals surface area contributed by atoms with E-state index in [0.717, 1.165) is 13.0 Å². The lowest BCUT2D eigenvalue weighted by atomic mass is 9.96. The second kappa shape index (κ2) is 6.97. The molecule has 4 nitrogen and oxygen atoms in total. The van der Waals surface area contributed by atoms with E-state index in [-0.39, 0.29) is 17.5 Å². The van der Waals surface area contributed by atoms with E-state index in [2.05, 4.69) is 25.7 Å². The van der Waals surface area contributed by atoms with Gasteiger partial charge in [0.05, 0.1) is 6.54 Å². The van der Waals surface area contributed by atoms with Gasteiger partial charge in [0, 0.05) is 25.2 Å². The number of hydrogen-bond donors (Lipinski definition) is 1. The molecule has 0 rings (SSSR count). The summed E-state index contributed by atoms with van der Waals surface area (Å²) in [5.41, 5.74) is 5.76. The number of amides is 1. The highest BCUT2D eigenvalue weighted by atomic mass is 16.2. The molecule has 0 aliphatic heterocycles. The van der Waals surface area contributed by atoms with Gasteiger partial charge in [-0.05, 0) is 33.7 Å². The SMILES string of the molecule is CCN(CC(=O)N(C)C(C)C)C(C)(CC)CN. The fourth-order valence-electron chi connectivity index (χ4n) is 1.74. The molecule has 0 bridgehead atoms. The molecule has 4 heteroatoms. The van der Waals surface area contributed by atoms with Crippen LogP contribution >= 0.6 is 0 Å². The van der Waals surface area contributed by atoms with Gasteiger partial charge >= 0.3 is 0 Å². The third-order valence-corrected chi connectivity index (χ3v) is 3.84. The number of carbonyl (C=O) groups excluding carboxylic acids is 1. The summed E-state index contributed by atoms with van der Waals surface area (Å²) >= 11 is 0. The number of carbonyl (C=O) groups is 1. The number of nitrogens with zero attached hydrogens (tertiary/aromatic N) is 2. The first-order valence-electron chi connectivity index (χ1n) is 6.53. The third-order valence-electron chi connectivity index (χ3n) is 3.84. The minimum Gasteiger partial charge on any atom is -0.342 e. The fourth-order valence-corrected chi connectivity index (χ4v) is 1.74. The predicted molar refractivity (Wildman–Crippen MR) is 72.9 cm³/mol. The molecule has 0 fully saturated rings. The van der Waals surface area contributed by atoms with Crippen molar-refractivity contribution in [2.24, 2.45) is 5.73 Å². The molecule has 0 heterocycles. The van der Waals surface area contributed by atoms with E-state index in [9.17, 15) is 4.79 Å². The molecular weight excluding hydrogens is 214 g/mol. The summed E-state index contributed by atoms with van der Waals surface area (Å²) < 4.78 is 0. The Hall–Kier alpha value is -0.610. The second-order valence-corrected chi connectivity index (χ2v) is 5.17. The molecule has 0 aromatic rings. The highest BCUT2D eigenvalue weighted by Gasteiger charge is 2.29. The van der Waals surface area contributed by atoms with Gasteiger partial charge < -0.3 is 10.6 Å². The van der Waals surface area contributed by atoms with Gasteiger partial charge in [0.25, 0.3) is 0 Å². The van der Waals surface area contributed by atoms with Gasteiger partial charge in [0.15, 0.2) is 0 Å². The lowest BCUT2D eigenvalue weighted by Crippen LogP contribution is -2.54. The van der Waals surface area contributed by atoms with Crippen molar-refractivity contribution in [1.82, 2.24) is 9.80 Å². The van der Waals surface area contributed by atoms with Crippen molar-refractivity contribution >= 4 is 5.91 Å². The van der Waals surface area contributed by atoms with E-state index in [1.165, 1.54) is 0 Å². The Bertz CT molecular complexity index is 237. The van der Waals surface area contributed by atoms with Crippen LogP contribution in [-0.4, -0.2) is 54.0 Å². The van der Waals surface area contributed by atoms with Gasteiger partial charge in [-0.3, -0.25) is 9.69 Å². The first kappa shape index (κ1) is 16.4. The molecule has 2 N–H and O–H groups in total. The van der Waals surface area contributed by atoms with E-state index in [1.807, 2.05) is 20.9 Å². The molecule has 0 saturated carbocycles. The van der Waals surface area contributed by atoms with Gasteiger partial charge in [-0.2, -0.15) is 0 Å². The van der Waals surface area contributed by atoms with Crippen molar-refractivity contribution in [3.63, 3.8) is 0 Å². The Morgan fingerprint density at radius 3 is 2.18 bits per heavy atom. The molecule has 0 aliphatic carbocycles. The Morgan fingerprint density at radius 1 is 1.35 bits per heavy atom. The molecule has 102 valence electrons. The average Bonchev–Trinajstić information content (AvgIpc) is 2.33. The molecule has 0 aromatic carbocycles.